The summed E-state index contributed by atoms with van der Waals surface area (Å²) in [6.45, 7) is 2.38. The Morgan fingerprint density at radius 1 is 1.41 bits per heavy atom. The molecule has 1 fully saturated rings. The summed E-state index contributed by atoms with van der Waals surface area (Å²) in [4.78, 5) is 18.3. The van der Waals surface area contributed by atoms with E-state index in [-0.39, 0.29) is 5.91 Å². The number of nitrogens with one attached hydrogen (secondary N) is 1. The molecule has 1 N–H and O–H groups in total. The van der Waals surface area contributed by atoms with Crippen LogP contribution in [0.15, 0.2) is 18.3 Å². The van der Waals surface area contributed by atoms with E-state index in [1.165, 1.54) is 17.6 Å². The fraction of sp³-hybridized carbons (Fsp3) is 0.571. The van der Waals surface area contributed by atoms with Gasteiger partial charge in [0, 0.05) is 45.0 Å². The third kappa shape index (κ3) is 4.41. The van der Waals surface area contributed by atoms with Crippen LogP contribution in [0.3, 0.4) is 0 Å². The number of anilines is 1. The number of amides is 1. The number of hydrogen-bond donors (Lipinski definition) is 1. The van der Waals surface area contributed by atoms with Crippen LogP contribution in [0.25, 0.3) is 0 Å². The number of likely N-dealkylation sites (N-methyl/N-ethyl adjacent to an activating group) is 1. The molecule has 1 aliphatic rings. The molecule has 8 heteroatoms. The largest absolute Gasteiger partial charge is 0.369 e. The third-order valence-corrected chi connectivity index (χ3v) is 5.01. The first-order valence-corrected chi connectivity index (χ1v) is 9.13. The number of hydrogen-bond acceptors (Lipinski definition) is 5. The minimum absolute atomic E-state index is 0.0243. The highest BCUT2D eigenvalue weighted by molar-refractivity contribution is 7.88. The highest BCUT2D eigenvalue weighted by Crippen LogP contribution is 2.14. The molecular weight excluding hydrogens is 304 g/mol. The minimum atomic E-state index is -3.18. The van der Waals surface area contributed by atoms with Gasteiger partial charge in [0.1, 0.15) is 5.82 Å². The Morgan fingerprint density at radius 3 is 2.73 bits per heavy atom. The van der Waals surface area contributed by atoms with Gasteiger partial charge in [-0.05, 0) is 25.0 Å². The Kier molecular flexibility index (Phi) is 5.36. The van der Waals surface area contributed by atoms with E-state index >= 15 is 0 Å². The molecule has 0 radical (unpaired) electrons. The maximum absolute atomic E-state index is 12.3. The molecular formula is C14H22N4O3S. The van der Waals surface area contributed by atoms with Crippen molar-refractivity contribution >= 4 is 21.7 Å². The zero-order chi connectivity index (χ0) is 16.2. The summed E-state index contributed by atoms with van der Waals surface area (Å²) < 4.78 is 23.9. The van der Waals surface area contributed by atoms with Gasteiger partial charge < -0.3 is 10.2 Å². The van der Waals surface area contributed by atoms with E-state index < -0.39 is 10.0 Å². The average molecular weight is 326 g/mol. The Bertz CT molecular complexity index is 627. The summed E-state index contributed by atoms with van der Waals surface area (Å²) in [6, 6.07) is 3.41. The number of carbonyl (C=O) groups excluding carboxylic acids is 1. The summed E-state index contributed by atoms with van der Waals surface area (Å²) in [7, 11) is -1.65. The highest BCUT2D eigenvalue weighted by atomic mass is 32.2. The molecule has 2 rings (SSSR count). The fourth-order valence-electron chi connectivity index (χ4n) is 2.27. The zero-order valence-corrected chi connectivity index (χ0v) is 13.8. The molecule has 0 atom stereocenters. The summed E-state index contributed by atoms with van der Waals surface area (Å²) in [5.74, 6) is 0.600. The van der Waals surface area contributed by atoms with Crippen molar-refractivity contribution in [3.05, 3.63) is 23.9 Å². The van der Waals surface area contributed by atoms with Crippen LogP contribution in [0.5, 0.6) is 0 Å². The molecule has 2 heterocycles. The van der Waals surface area contributed by atoms with Crippen LogP contribution < -0.4 is 5.32 Å². The van der Waals surface area contributed by atoms with E-state index in [2.05, 4.69) is 10.3 Å². The Hall–Kier alpha value is -1.67. The van der Waals surface area contributed by atoms with E-state index in [0.717, 1.165) is 25.9 Å². The van der Waals surface area contributed by atoms with Crippen molar-refractivity contribution in [2.24, 2.45) is 0 Å². The lowest BCUT2D eigenvalue weighted by Gasteiger charge is -2.16. The molecule has 1 saturated heterocycles. The quantitative estimate of drug-likeness (QED) is 0.829. The lowest BCUT2D eigenvalue weighted by molar-refractivity contribution is 0.0792. The number of rotatable bonds is 6. The van der Waals surface area contributed by atoms with Gasteiger partial charge in [0.2, 0.25) is 10.0 Å². The normalized spacial score (nSPS) is 15.3. The number of likely N-dealkylation sites (tertiary alicyclic amines) is 1. The van der Waals surface area contributed by atoms with Crippen LogP contribution >= 0.6 is 0 Å². The zero-order valence-electron chi connectivity index (χ0n) is 12.9. The molecule has 0 aliphatic carbocycles. The second-order valence-electron chi connectivity index (χ2n) is 5.44. The van der Waals surface area contributed by atoms with Crippen molar-refractivity contribution in [3.63, 3.8) is 0 Å². The number of carbonyl (C=O) groups is 1. The summed E-state index contributed by atoms with van der Waals surface area (Å²) >= 11 is 0. The van der Waals surface area contributed by atoms with Gasteiger partial charge in [-0.2, -0.15) is 0 Å². The topological polar surface area (TPSA) is 82.6 Å². The Morgan fingerprint density at radius 2 is 2.09 bits per heavy atom. The predicted octanol–water partition coefficient (Wildman–Crippen LogP) is 0.621. The molecule has 0 saturated carbocycles. The smallest absolute Gasteiger partial charge is 0.254 e. The van der Waals surface area contributed by atoms with Crippen molar-refractivity contribution in [1.82, 2.24) is 14.2 Å². The van der Waals surface area contributed by atoms with Crippen LogP contribution in [-0.2, 0) is 10.0 Å². The standard InChI is InChI=1S/C14H22N4O3S/c1-17(22(2,20)21)10-7-16-13-11-12(5-6-15-13)14(19)18-8-3-4-9-18/h5-6,11H,3-4,7-10H2,1-2H3,(H,15,16). The third-order valence-electron chi connectivity index (χ3n) is 3.70. The maximum Gasteiger partial charge on any atom is 0.254 e. The lowest BCUT2D eigenvalue weighted by Crippen LogP contribution is -2.30. The van der Waals surface area contributed by atoms with Crippen LogP contribution in [0.4, 0.5) is 5.82 Å². The molecule has 22 heavy (non-hydrogen) atoms. The molecule has 1 amide bonds. The Labute approximate surface area is 131 Å². The van der Waals surface area contributed by atoms with Gasteiger partial charge in [-0.3, -0.25) is 4.79 Å². The van der Waals surface area contributed by atoms with Crippen molar-refractivity contribution in [2.75, 3.05) is 44.8 Å². The van der Waals surface area contributed by atoms with Crippen LogP contribution in [0, 0.1) is 0 Å². The Balaban J connectivity index is 1.92. The second kappa shape index (κ2) is 7.06. The van der Waals surface area contributed by atoms with Gasteiger partial charge in [0.25, 0.3) is 5.91 Å². The van der Waals surface area contributed by atoms with Crippen LogP contribution in [0.1, 0.15) is 23.2 Å². The van der Waals surface area contributed by atoms with Crippen molar-refractivity contribution in [1.29, 1.82) is 0 Å². The SMILES string of the molecule is CN(CCNc1cc(C(=O)N2CCCC2)ccn1)S(C)(=O)=O. The van der Waals surface area contributed by atoms with E-state index in [0.29, 0.717) is 24.5 Å². The van der Waals surface area contributed by atoms with Crippen molar-refractivity contribution < 1.29 is 13.2 Å². The monoisotopic (exact) mass is 326 g/mol. The summed E-state index contributed by atoms with van der Waals surface area (Å²) in [6.07, 6.45) is 4.87. The molecule has 7 nitrogen and oxygen atoms in total. The van der Waals surface area contributed by atoms with Gasteiger partial charge in [-0.15, -0.1) is 0 Å². The first kappa shape index (κ1) is 16.7. The fourth-order valence-corrected chi connectivity index (χ4v) is 2.69. The minimum Gasteiger partial charge on any atom is -0.369 e. The van der Waals surface area contributed by atoms with Gasteiger partial charge >= 0.3 is 0 Å². The molecule has 1 aromatic rings. The number of sulfonamides is 1. The first-order chi connectivity index (χ1) is 10.4. The molecule has 0 aromatic carbocycles. The molecule has 0 unspecified atom stereocenters. The van der Waals surface area contributed by atoms with Crippen LogP contribution in [0.2, 0.25) is 0 Å². The van der Waals surface area contributed by atoms with Gasteiger partial charge in [-0.1, -0.05) is 0 Å². The van der Waals surface area contributed by atoms with Gasteiger partial charge in [-0.25, -0.2) is 17.7 Å². The summed E-state index contributed by atoms with van der Waals surface area (Å²) in [5.41, 5.74) is 0.607. The first-order valence-electron chi connectivity index (χ1n) is 7.28. The van der Waals surface area contributed by atoms with E-state index in [4.69, 9.17) is 0 Å². The van der Waals surface area contributed by atoms with E-state index in [1.807, 2.05) is 4.90 Å². The number of pyridine rings is 1. The van der Waals surface area contributed by atoms with Gasteiger partial charge in [0.05, 0.1) is 6.26 Å². The van der Waals surface area contributed by atoms with E-state index in [9.17, 15) is 13.2 Å². The molecule has 0 bridgehead atoms. The number of aromatic nitrogens is 1. The van der Waals surface area contributed by atoms with Gasteiger partial charge in [0.15, 0.2) is 0 Å². The second-order valence-corrected chi connectivity index (χ2v) is 7.53. The molecule has 1 aromatic heterocycles. The lowest BCUT2D eigenvalue weighted by atomic mass is 10.2. The van der Waals surface area contributed by atoms with Crippen molar-refractivity contribution in [3.8, 4) is 0 Å². The molecule has 1 aliphatic heterocycles. The maximum atomic E-state index is 12.3. The molecule has 0 spiro atoms. The summed E-state index contributed by atoms with van der Waals surface area (Å²) in [5, 5.41) is 3.05. The van der Waals surface area contributed by atoms with Crippen molar-refractivity contribution in [2.45, 2.75) is 12.8 Å². The average Bonchev–Trinajstić information content (AvgIpc) is 3.00. The van der Waals surface area contributed by atoms with E-state index in [1.54, 1.807) is 18.3 Å². The van der Waals surface area contributed by atoms with Crippen LogP contribution in [-0.4, -0.2) is 68.0 Å². The molecule has 122 valence electrons. The highest BCUT2D eigenvalue weighted by Gasteiger charge is 2.19. The predicted molar refractivity (Wildman–Crippen MR) is 85.3 cm³/mol. The number of nitrogens with zero attached hydrogens (tertiary/aromatic N) is 3.